The number of ether oxygens (including phenoxy) is 1. The van der Waals surface area contributed by atoms with E-state index in [1.54, 1.807) is 4.90 Å². The van der Waals surface area contributed by atoms with E-state index in [0.29, 0.717) is 18.7 Å². The van der Waals surface area contributed by atoms with Gasteiger partial charge in [0.15, 0.2) is 0 Å². The summed E-state index contributed by atoms with van der Waals surface area (Å²) in [5, 5.41) is 0. The van der Waals surface area contributed by atoms with Crippen LogP contribution in [0.15, 0.2) is 24.3 Å². The highest BCUT2D eigenvalue weighted by Crippen LogP contribution is 2.09. The number of amides is 1. The molecule has 0 radical (unpaired) electrons. The van der Waals surface area contributed by atoms with E-state index in [9.17, 15) is 9.59 Å². The molecule has 1 rings (SSSR count). The van der Waals surface area contributed by atoms with Crippen LogP contribution in [0.2, 0.25) is 0 Å². The fourth-order valence-corrected chi connectivity index (χ4v) is 1.87. The molecule has 4 heteroatoms. The van der Waals surface area contributed by atoms with Gasteiger partial charge in [-0.25, -0.2) is 0 Å². The maximum Gasteiger partial charge on any atom is 0.307 e. The van der Waals surface area contributed by atoms with Crippen molar-refractivity contribution in [3.8, 4) is 0 Å². The first-order valence-corrected chi connectivity index (χ1v) is 7.01. The number of methoxy groups -OCH3 is 1. The van der Waals surface area contributed by atoms with Gasteiger partial charge in [0.2, 0.25) is 0 Å². The molecule has 0 bridgehead atoms. The van der Waals surface area contributed by atoms with E-state index in [0.717, 1.165) is 18.4 Å². The molecule has 0 saturated heterocycles. The van der Waals surface area contributed by atoms with Gasteiger partial charge in [0, 0.05) is 18.7 Å². The van der Waals surface area contributed by atoms with Crippen LogP contribution in [0, 0.1) is 6.92 Å². The van der Waals surface area contributed by atoms with Crippen molar-refractivity contribution < 1.29 is 14.3 Å². The Kier molecular flexibility index (Phi) is 6.77. The van der Waals surface area contributed by atoms with Gasteiger partial charge in [-0.3, -0.25) is 9.59 Å². The lowest BCUT2D eigenvalue weighted by atomic mass is 10.1. The third-order valence-corrected chi connectivity index (χ3v) is 3.18. The number of esters is 1. The lowest BCUT2D eigenvalue weighted by Crippen LogP contribution is -2.34. The molecule has 0 unspecified atom stereocenters. The number of benzene rings is 1. The molecular weight excluding hydrogens is 254 g/mol. The summed E-state index contributed by atoms with van der Waals surface area (Å²) in [5.41, 5.74) is 1.78. The van der Waals surface area contributed by atoms with Gasteiger partial charge in [-0.2, -0.15) is 0 Å². The Morgan fingerprint density at radius 1 is 1.15 bits per heavy atom. The highest BCUT2D eigenvalue weighted by atomic mass is 16.5. The van der Waals surface area contributed by atoms with Crippen LogP contribution in [0.1, 0.15) is 42.1 Å². The van der Waals surface area contributed by atoms with E-state index in [1.165, 1.54) is 7.11 Å². The maximum absolute atomic E-state index is 12.4. The molecule has 1 aromatic carbocycles. The van der Waals surface area contributed by atoms with Crippen molar-refractivity contribution in [2.75, 3.05) is 20.2 Å². The Labute approximate surface area is 120 Å². The molecule has 1 amide bonds. The van der Waals surface area contributed by atoms with Crippen LogP contribution in [0.4, 0.5) is 0 Å². The monoisotopic (exact) mass is 277 g/mol. The molecule has 0 heterocycles. The van der Waals surface area contributed by atoms with Crippen LogP contribution in [0.5, 0.6) is 0 Å². The lowest BCUT2D eigenvalue weighted by Gasteiger charge is -2.22. The first kappa shape index (κ1) is 16.2. The second kappa shape index (κ2) is 8.35. The van der Waals surface area contributed by atoms with Crippen molar-refractivity contribution in [3.05, 3.63) is 35.4 Å². The second-order valence-electron chi connectivity index (χ2n) is 4.84. The fourth-order valence-electron chi connectivity index (χ4n) is 1.87. The molecule has 1 aromatic rings. The molecule has 0 aliphatic heterocycles. The molecule has 0 atom stereocenters. The minimum Gasteiger partial charge on any atom is -0.469 e. The standard InChI is InChI=1S/C16H23NO3/c1-4-5-11-17(12-10-15(18)20-3)16(19)14-8-6-13(2)7-9-14/h6-9H,4-5,10-12H2,1-3H3. The summed E-state index contributed by atoms with van der Waals surface area (Å²) in [6.45, 7) is 5.13. The number of aryl methyl sites for hydroxylation is 1. The number of carbonyl (C=O) groups excluding carboxylic acids is 2. The molecule has 4 nitrogen and oxygen atoms in total. The van der Waals surface area contributed by atoms with Gasteiger partial charge in [-0.05, 0) is 25.5 Å². The summed E-state index contributed by atoms with van der Waals surface area (Å²) in [6.07, 6.45) is 2.17. The van der Waals surface area contributed by atoms with Crippen LogP contribution in [-0.4, -0.2) is 37.0 Å². The molecular formula is C16H23NO3. The van der Waals surface area contributed by atoms with Crippen molar-refractivity contribution in [2.45, 2.75) is 33.1 Å². The first-order valence-electron chi connectivity index (χ1n) is 7.01. The van der Waals surface area contributed by atoms with Gasteiger partial charge in [0.05, 0.1) is 13.5 Å². The van der Waals surface area contributed by atoms with Crippen molar-refractivity contribution in [1.29, 1.82) is 0 Å². The minimum atomic E-state index is -0.289. The molecule has 0 saturated carbocycles. The van der Waals surface area contributed by atoms with E-state index >= 15 is 0 Å². The largest absolute Gasteiger partial charge is 0.469 e. The summed E-state index contributed by atoms with van der Waals surface area (Å²) in [5.74, 6) is -0.314. The Hall–Kier alpha value is -1.84. The summed E-state index contributed by atoms with van der Waals surface area (Å²) in [4.78, 5) is 25.4. The summed E-state index contributed by atoms with van der Waals surface area (Å²) >= 11 is 0. The predicted octanol–water partition coefficient (Wildman–Crippen LogP) is 2.80. The van der Waals surface area contributed by atoms with Crippen molar-refractivity contribution in [3.63, 3.8) is 0 Å². The van der Waals surface area contributed by atoms with Crippen molar-refractivity contribution >= 4 is 11.9 Å². The zero-order valence-corrected chi connectivity index (χ0v) is 12.5. The van der Waals surface area contributed by atoms with Gasteiger partial charge >= 0.3 is 5.97 Å². The topological polar surface area (TPSA) is 46.6 Å². The molecule has 0 aromatic heterocycles. The van der Waals surface area contributed by atoms with E-state index in [1.807, 2.05) is 31.2 Å². The third-order valence-electron chi connectivity index (χ3n) is 3.18. The van der Waals surface area contributed by atoms with Gasteiger partial charge in [0.1, 0.15) is 0 Å². The van der Waals surface area contributed by atoms with Crippen LogP contribution in [0.3, 0.4) is 0 Å². The SMILES string of the molecule is CCCCN(CCC(=O)OC)C(=O)c1ccc(C)cc1. The third kappa shape index (κ3) is 5.03. The van der Waals surface area contributed by atoms with E-state index in [2.05, 4.69) is 11.7 Å². The van der Waals surface area contributed by atoms with E-state index in [4.69, 9.17) is 0 Å². The lowest BCUT2D eigenvalue weighted by molar-refractivity contribution is -0.140. The number of hydrogen-bond donors (Lipinski definition) is 0. The van der Waals surface area contributed by atoms with Crippen LogP contribution in [-0.2, 0) is 9.53 Å². The molecule has 0 aliphatic rings. The number of carbonyl (C=O) groups is 2. The molecule has 0 fully saturated rings. The highest BCUT2D eigenvalue weighted by molar-refractivity contribution is 5.94. The normalized spacial score (nSPS) is 10.2. The Balaban J connectivity index is 2.72. The van der Waals surface area contributed by atoms with Crippen LogP contribution < -0.4 is 0 Å². The van der Waals surface area contributed by atoms with Crippen molar-refractivity contribution in [1.82, 2.24) is 4.90 Å². The quantitative estimate of drug-likeness (QED) is 0.720. The smallest absolute Gasteiger partial charge is 0.307 e. The summed E-state index contributed by atoms with van der Waals surface area (Å²) in [6, 6.07) is 7.50. The average molecular weight is 277 g/mol. The van der Waals surface area contributed by atoms with E-state index in [-0.39, 0.29) is 18.3 Å². The Morgan fingerprint density at radius 2 is 1.80 bits per heavy atom. The second-order valence-corrected chi connectivity index (χ2v) is 4.84. The molecule has 0 N–H and O–H groups in total. The molecule has 20 heavy (non-hydrogen) atoms. The highest BCUT2D eigenvalue weighted by Gasteiger charge is 2.16. The minimum absolute atomic E-state index is 0.0256. The Morgan fingerprint density at radius 3 is 2.35 bits per heavy atom. The predicted molar refractivity (Wildman–Crippen MR) is 78.6 cm³/mol. The summed E-state index contributed by atoms with van der Waals surface area (Å²) in [7, 11) is 1.36. The maximum atomic E-state index is 12.4. The zero-order chi connectivity index (χ0) is 15.0. The van der Waals surface area contributed by atoms with Gasteiger partial charge in [-0.1, -0.05) is 31.0 Å². The first-order chi connectivity index (χ1) is 9.58. The number of nitrogens with zero attached hydrogens (tertiary/aromatic N) is 1. The fraction of sp³-hybridized carbons (Fsp3) is 0.500. The average Bonchev–Trinajstić information content (AvgIpc) is 2.47. The Bertz CT molecular complexity index is 440. The van der Waals surface area contributed by atoms with Gasteiger partial charge in [-0.15, -0.1) is 0 Å². The molecule has 0 aliphatic carbocycles. The number of hydrogen-bond acceptors (Lipinski definition) is 3. The molecule has 0 spiro atoms. The zero-order valence-electron chi connectivity index (χ0n) is 12.5. The van der Waals surface area contributed by atoms with E-state index < -0.39 is 0 Å². The number of unbranched alkanes of at least 4 members (excludes halogenated alkanes) is 1. The summed E-state index contributed by atoms with van der Waals surface area (Å²) < 4.78 is 4.63. The van der Waals surface area contributed by atoms with Crippen LogP contribution in [0.25, 0.3) is 0 Å². The van der Waals surface area contributed by atoms with Gasteiger partial charge in [0.25, 0.3) is 5.91 Å². The molecule has 110 valence electrons. The van der Waals surface area contributed by atoms with Gasteiger partial charge < -0.3 is 9.64 Å². The van der Waals surface area contributed by atoms with Crippen molar-refractivity contribution in [2.24, 2.45) is 0 Å². The van der Waals surface area contributed by atoms with Crippen LogP contribution >= 0.6 is 0 Å². The number of rotatable bonds is 7.